The van der Waals surface area contributed by atoms with Gasteiger partial charge in [0.25, 0.3) is 0 Å². The van der Waals surface area contributed by atoms with Gasteiger partial charge in [0.05, 0.1) is 5.69 Å². The van der Waals surface area contributed by atoms with E-state index in [1.54, 1.807) is 0 Å². The highest BCUT2D eigenvalue weighted by atomic mass is 35.5. The van der Waals surface area contributed by atoms with E-state index in [2.05, 4.69) is 65.6 Å². The smallest absolute Gasteiger partial charge is 0.136 e. The van der Waals surface area contributed by atoms with Crippen LogP contribution in [0.2, 0.25) is 0 Å². The first-order valence-corrected chi connectivity index (χ1v) is 8.86. The molecular weight excluding hydrogens is 403 g/mol. The first-order valence-electron chi connectivity index (χ1n) is 8.86. The maximum Gasteiger partial charge on any atom is 0.136 e. The van der Waals surface area contributed by atoms with E-state index in [9.17, 15) is 0 Å². The van der Waals surface area contributed by atoms with Crippen LogP contribution in [0.1, 0.15) is 18.4 Å². The summed E-state index contributed by atoms with van der Waals surface area (Å²) < 4.78 is 0. The molecule has 0 unspecified atom stereocenters. The number of anilines is 1. The number of nitrogens with one attached hydrogen (secondary N) is 1. The zero-order valence-electron chi connectivity index (χ0n) is 16.3. The molecular formula is C20H31Cl3N4. The van der Waals surface area contributed by atoms with E-state index in [1.807, 2.05) is 7.05 Å². The van der Waals surface area contributed by atoms with Crippen molar-refractivity contribution in [2.24, 2.45) is 4.99 Å². The van der Waals surface area contributed by atoms with Crippen LogP contribution in [0.3, 0.4) is 0 Å². The minimum Gasteiger partial charge on any atom is -0.326 e. The van der Waals surface area contributed by atoms with E-state index in [0.717, 1.165) is 44.9 Å². The predicted octanol–water partition coefficient (Wildman–Crippen LogP) is 4.23. The molecule has 7 heteroatoms. The molecule has 2 aromatic carbocycles. The second-order valence-corrected chi connectivity index (χ2v) is 6.65. The van der Waals surface area contributed by atoms with Gasteiger partial charge in [0.2, 0.25) is 0 Å². The van der Waals surface area contributed by atoms with Crippen molar-refractivity contribution < 1.29 is 0 Å². The molecule has 4 nitrogen and oxygen atoms in total. The third-order valence-electron chi connectivity index (χ3n) is 4.50. The number of nitrogens with zero attached hydrogens (tertiary/aromatic N) is 3. The monoisotopic (exact) mass is 432 g/mol. The number of benzene rings is 2. The van der Waals surface area contributed by atoms with E-state index in [4.69, 9.17) is 4.99 Å². The molecule has 1 N–H and O–H groups in total. The van der Waals surface area contributed by atoms with Crippen LogP contribution >= 0.6 is 37.2 Å². The fourth-order valence-electron chi connectivity index (χ4n) is 3.37. The molecule has 0 atom stereocenters. The van der Waals surface area contributed by atoms with E-state index >= 15 is 0 Å². The lowest BCUT2D eigenvalue weighted by atomic mass is 10.1. The second-order valence-electron chi connectivity index (χ2n) is 6.65. The van der Waals surface area contributed by atoms with Crippen molar-refractivity contribution in [3.8, 4) is 0 Å². The number of rotatable bonds is 8. The largest absolute Gasteiger partial charge is 0.326 e. The van der Waals surface area contributed by atoms with Crippen molar-refractivity contribution in [1.82, 2.24) is 10.2 Å². The Labute approximate surface area is 181 Å². The maximum atomic E-state index is 4.97. The highest BCUT2D eigenvalue weighted by molar-refractivity contribution is 6.27. The Bertz CT molecular complexity index is 729. The number of aliphatic imine (C=N–C) groups is 1. The van der Waals surface area contributed by atoms with E-state index in [1.165, 1.54) is 22.0 Å². The number of amidine groups is 1. The lowest BCUT2D eigenvalue weighted by Crippen LogP contribution is -2.31. The number of hydrogen-bond donors (Lipinski definition) is 1. The summed E-state index contributed by atoms with van der Waals surface area (Å²) in [6, 6.07) is 13.2. The van der Waals surface area contributed by atoms with E-state index < -0.39 is 0 Å². The molecule has 152 valence electrons. The molecule has 0 saturated carbocycles. The first kappa shape index (κ1) is 26.0. The second kappa shape index (κ2) is 12.4. The molecule has 0 aromatic heterocycles. The van der Waals surface area contributed by atoms with Crippen LogP contribution in [-0.4, -0.2) is 58.1 Å². The third-order valence-corrected chi connectivity index (χ3v) is 4.50. The predicted molar refractivity (Wildman–Crippen MR) is 126 cm³/mol. The number of halogens is 3. The van der Waals surface area contributed by atoms with Crippen molar-refractivity contribution >= 4 is 59.5 Å². The lowest BCUT2D eigenvalue weighted by Gasteiger charge is -2.22. The zero-order valence-corrected chi connectivity index (χ0v) is 18.7. The maximum absolute atomic E-state index is 4.97. The van der Waals surface area contributed by atoms with Gasteiger partial charge >= 0.3 is 0 Å². The average molecular weight is 434 g/mol. The Morgan fingerprint density at radius 3 is 2.37 bits per heavy atom. The van der Waals surface area contributed by atoms with Gasteiger partial charge in [0.1, 0.15) is 5.84 Å². The van der Waals surface area contributed by atoms with Crippen LogP contribution in [0.4, 0.5) is 5.69 Å². The Balaban J connectivity index is 0.00000225. The number of hydrogen-bond acceptors (Lipinski definition) is 3. The molecule has 1 heterocycles. The summed E-state index contributed by atoms with van der Waals surface area (Å²) in [5.74, 6) is 1.15. The van der Waals surface area contributed by atoms with Crippen LogP contribution < -0.4 is 10.2 Å². The van der Waals surface area contributed by atoms with Gasteiger partial charge in [-0.1, -0.05) is 30.3 Å². The minimum atomic E-state index is 0. The summed E-state index contributed by atoms with van der Waals surface area (Å²) in [5, 5.41) is 5.87. The van der Waals surface area contributed by atoms with Crippen molar-refractivity contribution in [3.05, 3.63) is 42.0 Å². The summed E-state index contributed by atoms with van der Waals surface area (Å²) in [6.07, 6.45) is 2.20. The van der Waals surface area contributed by atoms with Crippen molar-refractivity contribution in [2.45, 2.75) is 12.8 Å². The van der Waals surface area contributed by atoms with Crippen LogP contribution in [0.5, 0.6) is 0 Å². The highest BCUT2D eigenvalue weighted by Crippen LogP contribution is 2.37. The van der Waals surface area contributed by atoms with Gasteiger partial charge in [-0.15, -0.1) is 37.2 Å². The van der Waals surface area contributed by atoms with Crippen LogP contribution in [0.15, 0.2) is 41.4 Å². The molecule has 0 fully saturated rings. The Morgan fingerprint density at radius 2 is 1.70 bits per heavy atom. The van der Waals surface area contributed by atoms with Gasteiger partial charge in [-0.05, 0) is 58.5 Å². The average Bonchev–Trinajstić information content (AvgIpc) is 2.87. The Kier molecular flexibility index (Phi) is 11.9. The molecule has 0 amide bonds. The van der Waals surface area contributed by atoms with E-state index in [0.29, 0.717) is 0 Å². The minimum absolute atomic E-state index is 0. The van der Waals surface area contributed by atoms with Crippen molar-refractivity contribution in [2.75, 3.05) is 52.2 Å². The van der Waals surface area contributed by atoms with Gasteiger partial charge in [0.15, 0.2) is 0 Å². The van der Waals surface area contributed by atoms with Crippen molar-refractivity contribution in [1.29, 1.82) is 0 Å². The van der Waals surface area contributed by atoms with Crippen LogP contribution in [-0.2, 0) is 0 Å². The summed E-state index contributed by atoms with van der Waals surface area (Å²) in [7, 11) is 6.26. The molecule has 0 radical (unpaired) electrons. The van der Waals surface area contributed by atoms with Crippen molar-refractivity contribution in [3.63, 3.8) is 0 Å². The molecule has 27 heavy (non-hydrogen) atoms. The molecule has 2 aromatic rings. The standard InChI is InChI=1S/C20H28N4.3ClH/c1-21-12-6-13-22-20-17-10-4-8-16-9-5-11-18(19(16)17)24(20)15-7-14-23(2)3;;;/h4-5,8-11,21H,6-7,12-15H2,1-3H3;3*1H/b22-20-;;;. The summed E-state index contributed by atoms with van der Waals surface area (Å²) in [4.78, 5) is 9.63. The van der Waals surface area contributed by atoms with Crippen LogP contribution in [0.25, 0.3) is 10.8 Å². The molecule has 0 saturated heterocycles. The Morgan fingerprint density at radius 1 is 1.00 bits per heavy atom. The molecule has 1 aliphatic rings. The quantitative estimate of drug-likeness (QED) is 0.632. The summed E-state index contributed by atoms with van der Waals surface area (Å²) in [5.41, 5.74) is 2.60. The molecule has 0 aliphatic carbocycles. The van der Waals surface area contributed by atoms with Gasteiger partial charge in [-0.3, -0.25) is 4.99 Å². The Hall–Kier alpha value is -1.04. The summed E-state index contributed by atoms with van der Waals surface area (Å²) >= 11 is 0. The zero-order chi connectivity index (χ0) is 16.9. The van der Waals surface area contributed by atoms with Gasteiger partial charge in [-0.2, -0.15) is 0 Å². The fourth-order valence-corrected chi connectivity index (χ4v) is 3.37. The van der Waals surface area contributed by atoms with Gasteiger partial charge < -0.3 is 15.1 Å². The molecule has 0 bridgehead atoms. The topological polar surface area (TPSA) is 30.9 Å². The molecule has 1 aliphatic heterocycles. The lowest BCUT2D eigenvalue weighted by molar-refractivity contribution is 0.403. The SMILES string of the molecule is CNCCC/N=C1/c2cccc3cccc(c23)N1CCCN(C)C.Cl.Cl.Cl. The third kappa shape index (κ3) is 5.97. The highest BCUT2D eigenvalue weighted by Gasteiger charge is 2.27. The molecule has 3 rings (SSSR count). The normalized spacial score (nSPS) is 13.5. The fraction of sp³-hybridized carbons (Fsp3) is 0.450. The van der Waals surface area contributed by atoms with Gasteiger partial charge in [0, 0.05) is 24.0 Å². The van der Waals surface area contributed by atoms with Crippen LogP contribution in [0, 0.1) is 0 Å². The molecule has 0 spiro atoms. The van der Waals surface area contributed by atoms with E-state index in [-0.39, 0.29) is 37.2 Å². The van der Waals surface area contributed by atoms with Gasteiger partial charge in [-0.25, -0.2) is 0 Å². The summed E-state index contributed by atoms with van der Waals surface area (Å²) in [6.45, 7) is 3.98. The first-order chi connectivity index (χ1) is 11.7.